The number of amides is 3. The molecule has 0 aliphatic rings. The molecule has 1 aromatic carbocycles. The van der Waals surface area contributed by atoms with E-state index in [9.17, 15) is 34.7 Å². The van der Waals surface area contributed by atoms with Crippen LogP contribution < -0.4 is 10.6 Å². The summed E-state index contributed by atoms with van der Waals surface area (Å²) in [7, 11) is 0. The lowest BCUT2D eigenvalue weighted by molar-refractivity contribution is -0.144. The first-order valence-electron chi connectivity index (χ1n) is 10.9. The second-order valence-electron chi connectivity index (χ2n) is 8.31. The molecule has 0 fully saturated rings. The highest BCUT2D eigenvalue weighted by Crippen LogP contribution is 2.29. The van der Waals surface area contributed by atoms with Crippen molar-refractivity contribution in [1.29, 1.82) is 5.26 Å². The van der Waals surface area contributed by atoms with Crippen molar-refractivity contribution in [1.82, 2.24) is 15.5 Å². The zero-order valence-electron chi connectivity index (χ0n) is 20.2. The van der Waals surface area contributed by atoms with Crippen LogP contribution in [0.4, 0.5) is 4.79 Å². The molecule has 2 unspecified atom stereocenters. The van der Waals surface area contributed by atoms with Gasteiger partial charge in [-0.15, -0.1) is 0 Å². The van der Waals surface area contributed by atoms with E-state index in [0.717, 1.165) is 4.90 Å². The van der Waals surface area contributed by atoms with Gasteiger partial charge in [-0.2, -0.15) is 5.26 Å². The van der Waals surface area contributed by atoms with Gasteiger partial charge in [-0.1, -0.05) is 18.2 Å². The lowest BCUT2D eigenvalue weighted by atomic mass is 10.0. The fourth-order valence-electron chi connectivity index (χ4n) is 3.00. The third-order valence-electron chi connectivity index (χ3n) is 4.42. The number of ether oxygens (including phenoxy) is 2. The van der Waals surface area contributed by atoms with Gasteiger partial charge in [-0.05, 0) is 33.8 Å². The monoisotopic (exact) mass is 492 g/mol. The van der Waals surface area contributed by atoms with E-state index in [1.165, 1.54) is 24.3 Å². The Morgan fingerprint density at radius 2 is 1.86 bits per heavy atom. The molecule has 12 nitrogen and oxygen atoms in total. The number of phenols is 1. The molecule has 2 atom stereocenters. The number of nitriles is 1. The second kappa shape index (κ2) is 13.8. The Morgan fingerprint density at radius 1 is 1.20 bits per heavy atom. The number of rotatable bonds is 11. The van der Waals surface area contributed by atoms with Crippen LogP contribution in [0, 0.1) is 11.3 Å². The Kier molecular flexibility index (Phi) is 11.5. The number of nitrogens with zero attached hydrogens (tertiary/aromatic N) is 2. The Balaban J connectivity index is 3.26. The molecule has 0 aromatic heterocycles. The summed E-state index contributed by atoms with van der Waals surface area (Å²) in [6.45, 7) is 5.05. The third kappa shape index (κ3) is 9.50. The first-order chi connectivity index (χ1) is 16.4. The van der Waals surface area contributed by atoms with Crippen molar-refractivity contribution in [3.05, 3.63) is 29.8 Å². The van der Waals surface area contributed by atoms with Gasteiger partial charge in [0.25, 0.3) is 0 Å². The summed E-state index contributed by atoms with van der Waals surface area (Å²) >= 11 is 0. The molecule has 35 heavy (non-hydrogen) atoms. The summed E-state index contributed by atoms with van der Waals surface area (Å²) in [4.78, 5) is 51.0. The van der Waals surface area contributed by atoms with Gasteiger partial charge in [-0.25, -0.2) is 4.79 Å². The number of aliphatic hydroxyl groups is 1. The molecule has 4 N–H and O–H groups in total. The van der Waals surface area contributed by atoms with Gasteiger partial charge in [0.1, 0.15) is 30.0 Å². The number of hydrogen-bond donors (Lipinski definition) is 4. The van der Waals surface area contributed by atoms with Crippen molar-refractivity contribution >= 4 is 23.9 Å². The van der Waals surface area contributed by atoms with Gasteiger partial charge in [0.2, 0.25) is 11.8 Å². The molecular formula is C23H32N4O8. The van der Waals surface area contributed by atoms with E-state index in [0.29, 0.717) is 0 Å². The van der Waals surface area contributed by atoms with Crippen LogP contribution in [0.1, 0.15) is 45.7 Å². The number of benzene rings is 1. The Morgan fingerprint density at radius 3 is 2.40 bits per heavy atom. The summed E-state index contributed by atoms with van der Waals surface area (Å²) in [5, 5.41) is 34.2. The van der Waals surface area contributed by atoms with E-state index in [-0.39, 0.29) is 30.9 Å². The van der Waals surface area contributed by atoms with Crippen molar-refractivity contribution in [3.63, 3.8) is 0 Å². The normalized spacial score (nSPS) is 12.5. The van der Waals surface area contributed by atoms with Crippen LogP contribution in [-0.4, -0.2) is 76.9 Å². The molecule has 0 bridgehead atoms. The van der Waals surface area contributed by atoms with Gasteiger partial charge in [0.15, 0.2) is 0 Å². The molecule has 0 saturated heterocycles. The predicted molar refractivity (Wildman–Crippen MR) is 123 cm³/mol. The number of esters is 1. The quantitative estimate of drug-likeness (QED) is 0.256. The van der Waals surface area contributed by atoms with Crippen molar-refractivity contribution in [2.45, 2.75) is 51.8 Å². The van der Waals surface area contributed by atoms with E-state index in [4.69, 9.17) is 9.47 Å². The summed E-state index contributed by atoms with van der Waals surface area (Å²) in [5.41, 5.74) is -0.880. The van der Waals surface area contributed by atoms with Crippen molar-refractivity contribution in [2.75, 3.05) is 26.3 Å². The van der Waals surface area contributed by atoms with E-state index in [2.05, 4.69) is 10.6 Å². The number of hydrogen-bond acceptors (Lipinski definition) is 9. The van der Waals surface area contributed by atoms with Crippen LogP contribution in [0.3, 0.4) is 0 Å². The smallest absolute Gasteiger partial charge is 0.408 e. The minimum atomic E-state index is -1.54. The minimum Gasteiger partial charge on any atom is -0.508 e. The fourth-order valence-corrected chi connectivity index (χ4v) is 3.00. The molecule has 0 aliphatic carbocycles. The van der Waals surface area contributed by atoms with Gasteiger partial charge < -0.3 is 35.2 Å². The van der Waals surface area contributed by atoms with Gasteiger partial charge in [0, 0.05) is 12.1 Å². The Bertz CT molecular complexity index is 938. The number of carbonyl (C=O) groups excluding carboxylic acids is 4. The van der Waals surface area contributed by atoms with Crippen LogP contribution in [-0.2, 0) is 23.9 Å². The van der Waals surface area contributed by atoms with Crippen LogP contribution in [0.15, 0.2) is 24.3 Å². The molecule has 1 aromatic rings. The number of carbonyl (C=O) groups is 4. The molecule has 0 heterocycles. The second-order valence-corrected chi connectivity index (χ2v) is 8.31. The molecule has 192 valence electrons. The average molecular weight is 493 g/mol. The van der Waals surface area contributed by atoms with Gasteiger partial charge >= 0.3 is 12.1 Å². The lowest BCUT2D eigenvalue weighted by Crippen LogP contribution is -2.54. The molecule has 0 aliphatic heterocycles. The van der Waals surface area contributed by atoms with Crippen molar-refractivity contribution in [3.8, 4) is 11.8 Å². The largest absolute Gasteiger partial charge is 0.508 e. The van der Waals surface area contributed by atoms with E-state index >= 15 is 0 Å². The van der Waals surface area contributed by atoms with Crippen LogP contribution in [0.25, 0.3) is 0 Å². The third-order valence-corrected chi connectivity index (χ3v) is 4.42. The molecular weight excluding hydrogens is 460 g/mol. The maximum atomic E-state index is 13.3. The first-order valence-corrected chi connectivity index (χ1v) is 10.9. The zero-order valence-corrected chi connectivity index (χ0v) is 20.2. The fraction of sp³-hybridized carbons (Fsp3) is 0.522. The number of aliphatic hydroxyl groups excluding tert-OH is 1. The molecule has 0 saturated carbocycles. The number of para-hydroxylation sites is 1. The highest BCUT2D eigenvalue weighted by molar-refractivity contribution is 5.92. The van der Waals surface area contributed by atoms with E-state index in [1.807, 2.05) is 0 Å². The summed E-state index contributed by atoms with van der Waals surface area (Å²) in [6.07, 6.45) is -1.13. The van der Waals surface area contributed by atoms with Crippen LogP contribution in [0.2, 0.25) is 0 Å². The maximum absolute atomic E-state index is 13.3. The summed E-state index contributed by atoms with van der Waals surface area (Å²) in [6, 6.07) is 4.43. The van der Waals surface area contributed by atoms with Crippen molar-refractivity contribution < 1.29 is 38.9 Å². The number of phenolic OH excluding ortho intramolecular Hbond substituents is 1. The molecule has 0 radical (unpaired) electrons. The predicted octanol–water partition coefficient (Wildman–Crippen LogP) is 0.740. The van der Waals surface area contributed by atoms with Crippen LogP contribution >= 0.6 is 0 Å². The SMILES string of the molecule is CCOC(=O)CCNC(=O)C(c1ccccc1O)N(CC#N)C(=O)C(CO)NC(=O)OC(C)(C)C. The Labute approximate surface area is 203 Å². The van der Waals surface area contributed by atoms with E-state index < -0.39 is 54.7 Å². The zero-order chi connectivity index (χ0) is 26.6. The maximum Gasteiger partial charge on any atom is 0.408 e. The summed E-state index contributed by atoms with van der Waals surface area (Å²) < 4.78 is 9.92. The molecule has 0 spiro atoms. The topological polar surface area (TPSA) is 178 Å². The van der Waals surface area contributed by atoms with Gasteiger partial charge in [0.05, 0.1) is 25.7 Å². The number of nitrogens with one attached hydrogen (secondary N) is 2. The molecule has 12 heteroatoms. The highest BCUT2D eigenvalue weighted by Gasteiger charge is 2.37. The molecule has 3 amide bonds. The molecule has 1 rings (SSSR count). The standard InChI is InChI=1S/C23H32N4O8/c1-5-34-18(30)10-12-25-20(31)19(15-8-6-7-9-17(15)29)27(13-11-24)21(32)16(14-28)26-22(33)35-23(2,3)4/h6-9,16,19,28-29H,5,10,12-14H2,1-4H3,(H,25,31)(H,26,33). The summed E-state index contributed by atoms with van der Waals surface area (Å²) in [5.74, 6) is -2.63. The van der Waals surface area contributed by atoms with E-state index in [1.54, 1.807) is 33.8 Å². The first kappa shape index (κ1) is 29.2. The highest BCUT2D eigenvalue weighted by atomic mass is 16.6. The lowest BCUT2D eigenvalue weighted by Gasteiger charge is -2.32. The number of aromatic hydroxyl groups is 1. The average Bonchev–Trinajstić information content (AvgIpc) is 2.76. The van der Waals surface area contributed by atoms with Crippen LogP contribution in [0.5, 0.6) is 5.75 Å². The Hall–Kier alpha value is -3.85. The number of alkyl carbamates (subject to hydrolysis) is 1. The van der Waals surface area contributed by atoms with Crippen molar-refractivity contribution in [2.24, 2.45) is 0 Å². The van der Waals surface area contributed by atoms with Gasteiger partial charge in [-0.3, -0.25) is 14.4 Å². The minimum absolute atomic E-state index is 0.00121.